The first-order valence-corrected chi connectivity index (χ1v) is 5.01. The molecule has 0 aliphatic carbocycles. The zero-order valence-electron chi connectivity index (χ0n) is 8.37. The Labute approximate surface area is 82.3 Å². The first-order chi connectivity index (χ1) is 5.89. The molecule has 13 heavy (non-hydrogen) atoms. The van der Waals surface area contributed by atoms with E-state index in [2.05, 4.69) is 4.98 Å². The maximum absolute atomic E-state index is 11.5. The minimum absolute atomic E-state index is 0.391. The van der Waals surface area contributed by atoms with Crippen molar-refractivity contribution in [2.45, 2.75) is 33.2 Å². The molecular weight excluding hydrogens is 184 g/mol. The number of aromatic nitrogens is 1. The molecule has 0 unspecified atom stereocenters. The summed E-state index contributed by atoms with van der Waals surface area (Å²) in [5.41, 5.74) is 0.352. The summed E-state index contributed by atoms with van der Waals surface area (Å²) < 4.78 is 0.932. The topological polar surface area (TPSA) is 39.0 Å². The van der Waals surface area contributed by atoms with E-state index in [0.29, 0.717) is 0 Å². The summed E-state index contributed by atoms with van der Waals surface area (Å²) in [6, 6.07) is 0. The number of thiazole rings is 1. The lowest BCUT2D eigenvalue weighted by molar-refractivity contribution is -0.530. The van der Waals surface area contributed by atoms with E-state index in [1.807, 2.05) is 33.1 Å². The molecule has 0 aliphatic rings. The lowest BCUT2D eigenvalue weighted by Crippen LogP contribution is -2.29. The fraction of sp³-hybridized carbons (Fsp3) is 0.556. The molecule has 0 aliphatic heterocycles. The van der Waals surface area contributed by atoms with E-state index in [4.69, 9.17) is 0 Å². The average molecular weight is 198 g/mol. The normalized spacial score (nSPS) is 13.4. The Morgan fingerprint density at radius 1 is 1.54 bits per heavy atom. The summed E-state index contributed by atoms with van der Waals surface area (Å²) in [6.07, 6.45) is 1.53. The van der Waals surface area contributed by atoms with Gasteiger partial charge in [0.25, 0.3) is 0 Å². The number of aryl methyl sites for hydroxylation is 1. The molecule has 3 nitrogen and oxygen atoms in total. The monoisotopic (exact) mass is 198 g/mol. The van der Waals surface area contributed by atoms with Gasteiger partial charge in [0.15, 0.2) is 5.54 Å². The largest absolute Gasteiger partial charge is 0.623 e. The molecule has 0 amide bonds. The van der Waals surface area contributed by atoms with E-state index >= 15 is 0 Å². The van der Waals surface area contributed by atoms with E-state index in [0.717, 1.165) is 15.4 Å². The molecule has 0 saturated heterocycles. The molecule has 0 saturated carbocycles. The van der Waals surface area contributed by atoms with Crippen LogP contribution in [0.3, 0.4) is 0 Å². The molecule has 1 aromatic heterocycles. The van der Waals surface area contributed by atoms with Gasteiger partial charge in [-0.15, -0.1) is 11.3 Å². The van der Waals surface area contributed by atoms with Gasteiger partial charge in [0.05, 0.1) is 5.01 Å². The van der Waals surface area contributed by atoms with Crippen LogP contribution in [0.5, 0.6) is 0 Å². The maximum atomic E-state index is 11.5. The van der Waals surface area contributed by atoms with Crippen LogP contribution in [0.2, 0.25) is 0 Å². The Balaban J connectivity index is 2.89. The average Bonchev–Trinajstić information content (AvgIpc) is 2.33. The smallest absolute Gasteiger partial charge is 0.201 e. The van der Waals surface area contributed by atoms with Crippen LogP contribution in [0.15, 0.2) is 5.38 Å². The van der Waals surface area contributed by atoms with Crippen LogP contribution >= 0.6 is 11.3 Å². The molecular formula is C9H14N2OS. The van der Waals surface area contributed by atoms with Crippen LogP contribution in [0, 0.1) is 12.1 Å². The van der Waals surface area contributed by atoms with Crippen molar-refractivity contribution in [3.05, 3.63) is 21.3 Å². The zero-order chi connectivity index (χ0) is 10.1. The van der Waals surface area contributed by atoms with Gasteiger partial charge in [0.1, 0.15) is 5.69 Å². The molecule has 0 atom stereocenters. The molecule has 0 fully saturated rings. The van der Waals surface area contributed by atoms with E-state index in [1.54, 1.807) is 11.3 Å². The number of hydrogen-bond acceptors (Lipinski definition) is 3. The molecule has 0 bridgehead atoms. The summed E-state index contributed by atoms with van der Waals surface area (Å²) >= 11 is 1.55. The highest BCUT2D eigenvalue weighted by molar-refractivity contribution is 7.09. The number of nitrogens with zero attached hydrogens (tertiary/aromatic N) is 2. The molecule has 0 spiro atoms. The van der Waals surface area contributed by atoms with E-state index in [9.17, 15) is 5.21 Å². The summed E-state index contributed by atoms with van der Waals surface area (Å²) in [4.78, 5) is 4.19. The Bertz CT molecular complexity index is 323. The van der Waals surface area contributed by atoms with Crippen molar-refractivity contribution in [3.63, 3.8) is 0 Å². The fourth-order valence-corrected chi connectivity index (χ4v) is 1.32. The summed E-state index contributed by atoms with van der Waals surface area (Å²) in [5, 5.41) is 14.3. The van der Waals surface area contributed by atoms with Crippen LogP contribution in [-0.2, 0) is 0 Å². The first kappa shape index (κ1) is 10.2. The molecule has 0 radical (unpaired) electrons. The summed E-state index contributed by atoms with van der Waals surface area (Å²) in [5.74, 6) is 0. The van der Waals surface area contributed by atoms with Crippen molar-refractivity contribution >= 4 is 17.6 Å². The van der Waals surface area contributed by atoms with Gasteiger partial charge in [-0.3, -0.25) is 0 Å². The standard InChI is InChI=1S/C9H14N2OS/c1-7-10-8(6-13-7)5-11(12)9(2,3)4/h5-6H,1-4H3/b11-5+. The number of hydroxylamine groups is 1. The molecule has 1 aromatic rings. The minimum atomic E-state index is -0.391. The van der Waals surface area contributed by atoms with Gasteiger partial charge in [0.2, 0.25) is 6.21 Å². The quantitative estimate of drug-likeness (QED) is 0.300. The van der Waals surface area contributed by atoms with Crippen LogP contribution in [-0.4, -0.2) is 21.5 Å². The zero-order valence-corrected chi connectivity index (χ0v) is 9.18. The third kappa shape index (κ3) is 2.81. The maximum Gasteiger partial charge on any atom is 0.201 e. The first-order valence-electron chi connectivity index (χ1n) is 4.13. The van der Waals surface area contributed by atoms with Gasteiger partial charge in [0, 0.05) is 26.2 Å². The van der Waals surface area contributed by atoms with Crippen molar-refractivity contribution in [3.8, 4) is 0 Å². The van der Waals surface area contributed by atoms with Crippen molar-refractivity contribution < 1.29 is 4.74 Å². The highest BCUT2D eigenvalue weighted by Gasteiger charge is 2.18. The fourth-order valence-electron chi connectivity index (χ4n) is 0.753. The second kappa shape index (κ2) is 3.46. The predicted octanol–water partition coefficient (Wildman–Crippen LogP) is 2.18. The lowest BCUT2D eigenvalue weighted by atomic mass is 10.1. The van der Waals surface area contributed by atoms with E-state index in [1.165, 1.54) is 6.21 Å². The highest BCUT2D eigenvalue weighted by Crippen LogP contribution is 2.08. The Morgan fingerprint density at radius 2 is 2.15 bits per heavy atom. The summed E-state index contributed by atoms with van der Waals surface area (Å²) in [6.45, 7) is 7.54. The SMILES string of the molecule is Cc1nc(/C=[N+](/[O-])C(C)(C)C)cs1. The van der Waals surface area contributed by atoms with Crippen molar-refractivity contribution in [2.75, 3.05) is 0 Å². The van der Waals surface area contributed by atoms with E-state index in [-0.39, 0.29) is 0 Å². The predicted molar refractivity (Wildman–Crippen MR) is 55.4 cm³/mol. The van der Waals surface area contributed by atoms with Gasteiger partial charge >= 0.3 is 0 Å². The molecule has 72 valence electrons. The second-order valence-electron chi connectivity index (χ2n) is 3.92. The summed E-state index contributed by atoms with van der Waals surface area (Å²) in [7, 11) is 0. The molecule has 1 rings (SSSR count). The van der Waals surface area contributed by atoms with Gasteiger partial charge < -0.3 is 5.21 Å². The van der Waals surface area contributed by atoms with Crippen LogP contribution in [0.4, 0.5) is 0 Å². The van der Waals surface area contributed by atoms with Crippen LogP contribution in [0.1, 0.15) is 31.5 Å². The minimum Gasteiger partial charge on any atom is -0.623 e. The van der Waals surface area contributed by atoms with Gasteiger partial charge in [-0.25, -0.2) is 9.72 Å². The molecule has 0 N–H and O–H groups in total. The lowest BCUT2D eigenvalue weighted by Gasteiger charge is -2.17. The Hall–Kier alpha value is -0.900. The third-order valence-corrected chi connectivity index (χ3v) is 2.34. The molecule has 4 heteroatoms. The Kier molecular flexibility index (Phi) is 2.71. The molecule has 1 heterocycles. The highest BCUT2D eigenvalue weighted by atomic mass is 32.1. The molecule has 0 aromatic carbocycles. The number of hydrogen-bond donors (Lipinski definition) is 0. The Morgan fingerprint density at radius 3 is 2.54 bits per heavy atom. The van der Waals surface area contributed by atoms with Crippen molar-refractivity contribution in [1.82, 2.24) is 4.98 Å². The van der Waals surface area contributed by atoms with Crippen LogP contribution < -0.4 is 0 Å². The van der Waals surface area contributed by atoms with Crippen LogP contribution in [0.25, 0.3) is 0 Å². The number of rotatable bonds is 1. The van der Waals surface area contributed by atoms with Gasteiger partial charge in [-0.05, 0) is 6.92 Å². The van der Waals surface area contributed by atoms with Crippen molar-refractivity contribution in [1.29, 1.82) is 0 Å². The van der Waals surface area contributed by atoms with Gasteiger partial charge in [-0.2, -0.15) is 0 Å². The second-order valence-corrected chi connectivity index (χ2v) is 4.98. The van der Waals surface area contributed by atoms with E-state index < -0.39 is 5.54 Å². The van der Waals surface area contributed by atoms with Crippen molar-refractivity contribution in [2.24, 2.45) is 0 Å². The third-order valence-electron chi connectivity index (χ3n) is 1.55. The van der Waals surface area contributed by atoms with Gasteiger partial charge in [-0.1, -0.05) is 0 Å².